The van der Waals surface area contributed by atoms with Crippen molar-refractivity contribution in [3.05, 3.63) is 110 Å². The summed E-state index contributed by atoms with van der Waals surface area (Å²) in [6, 6.07) is 15.7. The Kier molecular flexibility index (Phi) is 18.9. The van der Waals surface area contributed by atoms with Gasteiger partial charge in [-0.15, -0.1) is 0 Å². The highest BCUT2D eigenvalue weighted by Gasteiger charge is 2.41. The highest BCUT2D eigenvalue weighted by Crippen LogP contribution is 2.44. The number of quaternary nitrogens is 2. The van der Waals surface area contributed by atoms with E-state index < -0.39 is 11.9 Å². The Morgan fingerprint density at radius 1 is 0.514 bits per heavy atom. The molecule has 0 aromatic heterocycles. The second kappa shape index (κ2) is 24.6. The number of fused-ring (bicyclic) bond motifs is 2. The second-order valence-corrected chi connectivity index (χ2v) is 18.9. The number of ether oxygens (including phenoxy) is 7. The first-order chi connectivity index (χ1) is 33.7. The van der Waals surface area contributed by atoms with Gasteiger partial charge in [0.2, 0.25) is 0 Å². The summed E-state index contributed by atoms with van der Waals surface area (Å²) in [4.78, 5) is 25.9. The van der Waals surface area contributed by atoms with E-state index in [1.807, 2.05) is 36.4 Å². The van der Waals surface area contributed by atoms with Crippen LogP contribution in [0.1, 0.15) is 99.0 Å². The molecular weight excluding hydrogens is 901 g/mol. The van der Waals surface area contributed by atoms with E-state index in [0.29, 0.717) is 104 Å². The maximum absolute atomic E-state index is 12.9. The van der Waals surface area contributed by atoms with Gasteiger partial charge in [-0.2, -0.15) is 0 Å². The number of esters is 2. The van der Waals surface area contributed by atoms with Gasteiger partial charge >= 0.3 is 11.9 Å². The molecular formula is C54H74N2O14+2. The molecule has 382 valence electrons. The van der Waals surface area contributed by atoms with Crippen LogP contribution < -0.4 is 23.7 Å². The van der Waals surface area contributed by atoms with E-state index in [9.17, 15) is 35.1 Å². The van der Waals surface area contributed by atoms with Crippen molar-refractivity contribution in [1.82, 2.24) is 0 Å². The van der Waals surface area contributed by atoms with E-state index in [-0.39, 0.29) is 71.2 Å². The molecule has 0 saturated heterocycles. The number of carbonyl (C=O) groups excluding carboxylic acids is 2. The zero-order valence-corrected chi connectivity index (χ0v) is 42.0. The second-order valence-electron chi connectivity index (χ2n) is 18.9. The van der Waals surface area contributed by atoms with Crippen molar-refractivity contribution in [3.8, 4) is 28.7 Å². The lowest BCUT2D eigenvalue weighted by molar-refractivity contribution is -0.941. The van der Waals surface area contributed by atoms with Crippen LogP contribution in [0.4, 0.5) is 0 Å². The van der Waals surface area contributed by atoms with Crippen LogP contribution >= 0.6 is 0 Å². The normalized spacial score (nSPS) is 19.4. The third-order valence-electron chi connectivity index (χ3n) is 14.7. The number of rotatable bonds is 25. The molecule has 0 radical (unpaired) electrons. The Labute approximate surface area is 412 Å². The van der Waals surface area contributed by atoms with Gasteiger partial charge in [-0.3, -0.25) is 9.59 Å². The number of benzene rings is 4. The molecule has 0 fully saturated rings. The summed E-state index contributed by atoms with van der Waals surface area (Å²) < 4.78 is 40.8. The molecule has 0 aliphatic carbocycles. The largest absolute Gasteiger partial charge is 0.496 e. The summed E-state index contributed by atoms with van der Waals surface area (Å²) in [5, 5.41) is 50.7. The minimum atomic E-state index is -0.476. The van der Waals surface area contributed by atoms with Gasteiger partial charge in [-0.1, -0.05) is 12.1 Å². The number of aliphatic hydroxyl groups is 5. The fourth-order valence-corrected chi connectivity index (χ4v) is 10.7. The van der Waals surface area contributed by atoms with E-state index in [1.54, 1.807) is 28.4 Å². The number of carbonyl (C=O) groups is 2. The van der Waals surface area contributed by atoms with Crippen molar-refractivity contribution in [3.63, 3.8) is 0 Å². The Morgan fingerprint density at radius 2 is 0.971 bits per heavy atom. The van der Waals surface area contributed by atoms with E-state index in [1.165, 1.54) is 12.7 Å². The molecule has 16 nitrogen and oxygen atoms in total. The molecule has 4 aromatic rings. The maximum atomic E-state index is 12.9. The van der Waals surface area contributed by atoms with Crippen LogP contribution in [0.25, 0.3) is 0 Å². The Morgan fingerprint density at radius 3 is 1.46 bits per heavy atom. The molecule has 16 heteroatoms. The Balaban J connectivity index is 1.04. The van der Waals surface area contributed by atoms with Crippen LogP contribution in [0.15, 0.2) is 48.5 Å². The number of nitrogens with zero attached hydrogens (tertiary/aromatic N) is 2. The van der Waals surface area contributed by atoms with Gasteiger partial charge in [0.05, 0.1) is 135 Å². The lowest BCUT2D eigenvalue weighted by Gasteiger charge is -2.46. The summed E-state index contributed by atoms with van der Waals surface area (Å²) >= 11 is 0. The predicted octanol–water partition coefficient (Wildman–Crippen LogP) is 5.11. The molecule has 0 spiro atoms. The fraction of sp³-hybridized carbons (Fsp3) is 0.519. The molecule has 4 unspecified atom stereocenters. The summed E-state index contributed by atoms with van der Waals surface area (Å²) in [7, 11) is 12.3. The zero-order chi connectivity index (χ0) is 50.6. The predicted molar refractivity (Wildman–Crippen MR) is 261 cm³/mol. The SMILES string of the molecule is COc1cc2c(cc1OC)C(Cc1cc(CO)c(OC)c(OC)c1)[N+](C)(CCCOC(=O)CCC(=O)OCCC[N+]1(C)CCc3cc(CO)c(CO)cc3C1Cc1cc(CO)c(CO)c(OC)c1)CC2. The molecule has 70 heavy (non-hydrogen) atoms. The summed E-state index contributed by atoms with van der Waals surface area (Å²) in [6.45, 7) is 2.21. The lowest BCUT2D eigenvalue weighted by Crippen LogP contribution is -2.52. The highest BCUT2D eigenvalue weighted by atomic mass is 16.5. The molecule has 4 atom stereocenters. The van der Waals surface area contributed by atoms with Crippen LogP contribution in [-0.4, -0.2) is 135 Å². The highest BCUT2D eigenvalue weighted by molar-refractivity contribution is 5.77. The monoisotopic (exact) mass is 975 g/mol. The molecule has 0 bridgehead atoms. The molecule has 2 heterocycles. The quantitative estimate of drug-likeness (QED) is 0.0334. The number of hydrogen-bond acceptors (Lipinski definition) is 14. The number of aliphatic hydroxyl groups excluding tert-OH is 5. The van der Waals surface area contributed by atoms with Gasteiger partial charge in [0.15, 0.2) is 23.0 Å². The van der Waals surface area contributed by atoms with E-state index >= 15 is 0 Å². The number of hydrogen-bond donors (Lipinski definition) is 5. The summed E-state index contributed by atoms with van der Waals surface area (Å²) in [6.07, 6.45) is 3.71. The molecule has 0 amide bonds. The van der Waals surface area contributed by atoms with Crippen molar-refractivity contribution in [1.29, 1.82) is 0 Å². The van der Waals surface area contributed by atoms with Crippen LogP contribution in [-0.2, 0) is 77.8 Å². The first kappa shape index (κ1) is 53.9. The van der Waals surface area contributed by atoms with E-state index in [4.69, 9.17) is 33.2 Å². The topological polar surface area (TPSA) is 200 Å². The van der Waals surface area contributed by atoms with Crippen LogP contribution in [0, 0.1) is 0 Å². The lowest BCUT2D eigenvalue weighted by atomic mass is 9.83. The van der Waals surface area contributed by atoms with Gasteiger partial charge in [-0.25, -0.2) is 0 Å². The first-order valence-electron chi connectivity index (χ1n) is 24.1. The third-order valence-corrected chi connectivity index (χ3v) is 14.7. The van der Waals surface area contributed by atoms with Crippen molar-refractivity contribution >= 4 is 11.9 Å². The summed E-state index contributed by atoms with van der Waals surface area (Å²) in [5.41, 5.74) is 9.49. The van der Waals surface area contributed by atoms with Crippen molar-refractivity contribution in [2.24, 2.45) is 0 Å². The zero-order valence-electron chi connectivity index (χ0n) is 42.0. The molecule has 2 aliphatic heterocycles. The average Bonchev–Trinajstić information content (AvgIpc) is 3.38. The van der Waals surface area contributed by atoms with Crippen molar-refractivity contribution < 1.29 is 77.2 Å². The van der Waals surface area contributed by atoms with Gasteiger partial charge in [-0.05, 0) is 75.3 Å². The van der Waals surface area contributed by atoms with Gasteiger partial charge in [0, 0.05) is 60.8 Å². The number of likely N-dealkylation sites (N-methyl/N-ethyl adjacent to an activating group) is 2. The first-order valence-corrected chi connectivity index (χ1v) is 24.1. The van der Waals surface area contributed by atoms with Gasteiger partial charge in [0.1, 0.15) is 17.8 Å². The van der Waals surface area contributed by atoms with Crippen molar-refractivity contribution in [2.45, 2.75) is 96.5 Å². The minimum Gasteiger partial charge on any atom is -0.496 e. The maximum Gasteiger partial charge on any atom is 0.306 e. The molecule has 2 aliphatic rings. The molecule has 6 rings (SSSR count). The van der Waals surface area contributed by atoms with Crippen LogP contribution in [0.2, 0.25) is 0 Å². The Hall–Kier alpha value is -5.46. The average molecular weight is 975 g/mol. The van der Waals surface area contributed by atoms with Gasteiger partial charge in [0.25, 0.3) is 0 Å². The van der Waals surface area contributed by atoms with E-state index in [0.717, 1.165) is 53.7 Å². The summed E-state index contributed by atoms with van der Waals surface area (Å²) in [5.74, 6) is 1.91. The van der Waals surface area contributed by atoms with E-state index in [2.05, 4.69) is 26.2 Å². The molecule has 0 saturated carbocycles. The standard InChI is InChI=1S/C54H74N2O14/c1-55(16-12-37-26-39(30-57)40(31-58)27-43(37)46(55)22-35-20-41(32-59)45(34-61)48(24-35)64-3)14-8-18-69-52(62)10-11-53(63)70-19-9-15-56(2)17-13-38-28-49(65-4)50(66-5)29-44(38)47(56)23-36-21-42(33-60)54(68-7)51(25-36)67-6/h20-21,24-29,46-47,57-61H,8-19,22-23,30-34H2,1-7H3/q+2. The third kappa shape index (κ3) is 12.2. The smallest absolute Gasteiger partial charge is 0.306 e. The minimum absolute atomic E-state index is 0.0203. The van der Waals surface area contributed by atoms with Gasteiger partial charge < -0.3 is 67.7 Å². The molecule has 4 aromatic carbocycles. The fourth-order valence-electron chi connectivity index (χ4n) is 10.7. The van der Waals surface area contributed by atoms with Crippen molar-refractivity contribution in [2.75, 3.05) is 89.0 Å². The Bertz CT molecular complexity index is 2230. The number of methoxy groups -OCH3 is 5. The van der Waals surface area contributed by atoms with Crippen LogP contribution in [0.5, 0.6) is 28.7 Å². The molecule has 5 N–H and O–H groups in total. The van der Waals surface area contributed by atoms with Crippen LogP contribution in [0.3, 0.4) is 0 Å².